The van der Waals surface area contributed by atoms with Gasteiger partial charge in [0.15, 0.2) is 0 Å². The molecule has 7 nitrogen and oxygen atoms in total. The molecule has 1 aromatic heterocycles. The molecule has 1 aromatic rings. The summed E-state index contributed by atoms with van der Waals surface area (Å²) in [6, 6.07) is 0. The molecule has 0 aliphatic carbocycles. The third-order valence-corrected chi connectivity index (χ3v) is 5.21. The zero-order chi connectivity index (χ0) is 17.9. The number of likely N-dealkylation sites (tertiary alicyclic amines) is 2. The van der Waals surface area contributed by atoms with Crippen LogP contribution < -0.4 is 0 Å². The molecule has 25 heavy (non-hydrogen) atoms. The number of carbonyl (C=O) groups is 2. The summed E-state index contributed by atoms with van der Waals surface area (Å²) in [6.07, 6.45) is 7.36. The van der Waals surface area contributed by atoms with Crippen molar-refractivity contribution in [3.8, 4) is 0 Å². The van der Waals surface area contributed by atoms with Crippen molar-refractivity contribution in [3.63, 3.8) is 0 Å². The average molecular weight is 348 g/mol. The van der Waals surface area contributed by atoms with Crippen LogP contribution in [0.15, 0.2) is 12.5 Å². The SMILES string of the molecule is CC(C)OC(=O)N1CCCC2(CCC(=O)N(CCc3cnc[nH]3)C2)C1. The number of ether oxygens (including phenoxy) is 1. The van der Waals surface area contributed by atoms with Crippen LogP contribution in [-0.4, -0.2) is 64.1 Å². The van der Waals surface area contributed by atoms with E-state index in [9.17, 15) is 9.59 Å². The maximum atomic E-state index is 12.3. The molecule has 3 heterocycles. The van der Waals surface area contributed by atoms with E-state index in [0.29, 0.717) is 19.5 Å². The van der Waals surface area contributed by atoms with Crippen LogP contribution in [0.5, 0.6) is 0 Å². The summed E-state index contributed by atoms with van der Waals surface area (Å²) in [7, 11) is 0. The van der Waals surface area contributed by atoms with Gasteiger partial charge < -0.3 is 19.5 Å². The molecule has 2 fully saturated rings. The van der Waals surface area contributed by atoms with Gasteiger partial charge in [-0.25, -0.2) is 9.78 Å². The van der Waals surface area contributed by atoms with Crippen molar-refractivity contribution in [1.29, 1.82) is 0 Å². The number of piperidine rings is 2. The molecular formula is C18H28N4O3. The van der Waals surface area contributed by atoms with E-state index in [1.807, 2.05) is 23.6 Å². The van der Waals surface area contributed by atoms with Crippen molar-refractivity contribution >= 4 is 12.0 Å². The fraction of sp³-hybridized carbons (Fsp3) is 0.722. The summed E-state index contributed by atoms with van der Waals surface area (Å²) in [5.41, 5.74) is 1.05. The molecule has 2 aliphatic rings. The second-order valence-corrected chi connectivity index (χ2v) is 7.60. The van der Waals surface area contributed by atoms with E-state index in [-0.39, 0.29) is 23.5 Å². The zero-order valence-electron chi connectivity index (χ0n) is 15.2. The highest BCUT2D eigenvalue weighted by Crippen LogP contribution is 2.39. The Hall–Kier alpha value is -2.05. The quantitative estimate of drug-likeness (QED) is 0.905. The van der Waals surface area contributed by atoms with Crippen molar-refractivity contribution in [3.05, 3.63) is 18.2 Å². The Bertz CT molecular complexity index is 601. The monoisotopic (exact) mass is 348 g/mol. The second-order valence-electron chi connectivity index (χ2n) is 7.60. The van der Waals surface area contributed by atoms with Crippen LogP contribution in [0.1, 0.15) is 45.2 Å². The Balaban J connectivity index is 1.62. The van der Waals surface area contributed by atoms with E-state index < -0.39 is 0 Å². The lowest BCUT2D eigenvalue weighted by atomic mass is 9.73. The first kappa shape index (κ1) is 17.8. The number of hydrogen-bond donors (Lipinski definition) is 1. The van der Waals surface area contributed by atoms with E-state index in [1.165, 1.54) is 0 Å². The number of carbonyl (C=O) groups excluding carboxylic acids is 2. The number of rotatable bonds is 4. The number of nitrogens with one attached hydrogen (secondary N) is 1. The molecule has 0 aromatic carbocycles. The van der Waals surface area contributed by atoms with Crippen LogP contribution >= 0.6 is 0 Å². The minimum Gasteiger partial charge on any atom is -0.447 e. The third-order valence-electron chi connectivity index (χ3n) is 5.21. The highest BCUT2D eigenvalue weighted by Gasteiger charge is 2.43. The Kier molecular flexibility index (Phi) is 5.30. The summed E-state index contributed by atoms with van der Waals surface area (Å²) >= 11 is 0. The van der Waals surface area contributed by atoms with E-state index in [1.54, 1.807) is 12.5 Å². The smallest absolute Gasteiger partial charge is 0.410 e. The Morgan fingerprint density at radius 1 is 1.40 bits per heavy atom. The van der Waals surface area contributed by atoms with Crippen LogP contribution in [0.4, 0.5) is 4.79 Å². The van der Waals surface area contributed by atoms with Crippen molar-refractivity contribution < 1.29 is 14.3 Å². The topological polar surface area (TPSA) is 78.5 Å². The summed E-state index contributed by atoms with van der Waals surface area (Å²) in [6.45, 7) is 6.59. The second kappa shape index (κ2) is 7.45. The molecule has 2 saturated heterocycles. The van der Waals surface area contributed by atoms with Gasteiger partial charge in [-0.15, -0.1) is 0 Å². The Morgan fingerprint density at radius 3 is 2.96 bits per heavy atom. The fourth-order valence-corrected chi connectivity index (χ4v) is 3.96. The minimum atomic E-state index is -0.227. The first-order valence-corrected chi connectivity index (χ1v) is 9.18. The van der Waals surface area contributed by atoms with E-state index >= 15 is 0 Å². The van der Waals surface area contributed by atoms with Crippen molar-refractivity contribution in [2.75, 3.05) is 26.2 Å². The first-order chi connectivity index (χ1) is 12.0. The summed E-state index contributed by atoms with van der Waals surface area (Å²) < 4.78 is 5.36. The number of aromatic nitrogens is 2. The van der Waals surface area contributed by atoms with E-state index in [0.717, 1.165) is 44.5 Å². The van der Waals surface area contributed by atoms with E-state index in [4.69, 9.17) is 4.74 Å². The number of aromatic amines is 1. The molecule has 3 rings (SSSR count). The largest absolute Gasteiger partial charge is 0.447 e. The van der Waals surface area contributed by atoms with Gasteiger partial charge >= 0.3 is 6.09 Å². The summed E-state index contributed by atoms with van der Waals surface area (Å²) in [5.74, 6) is 0.215. The number of amides is 2. The van der Waals surface area contributed by atoms with Gasteiger partial charge in [0.1, 0.15) is 0 Å². The lowest BCUT2D eigenvalue weighted by molar-refractivity contribution is -0.139. The normalized spacial score (nSPS) is 24.2. The third kappa shape index (κ3) is 4.32. The molecule has 2 aliphatic heterocycles. The molecule has 0 radical (unpaired) electrons. The van der Waals surface area contributed by atoms with Crippen molar-refractivity contribution in [1.82, 2.24) is 19.8 Å². The minimum absolute atomic E-state index is 0.0101. The average Bonchev–Trinajstić information content (AvgIpc) is 3.09. The van der Waals surface area contributed by atoms with Crippen LogP contribution in [-0.2, 0) is 16.0 Å². The highest BCUT2D eigenvalue weighted by atomic mass is 16.6. The molecular weight excluding hydrogens is 320 g/mol. The molecule has 1 atom stereocenters. The van der Waals surface area contributed by atoms with E-state index in [2.05, 4.69) is 9.97 Å². The molecule has 138 valence electrons. The van der Waals surface area contributed by atoms with Gasteiger partial charge in [-0.3, -0.25) is 4.79 Å². The predicted octanol–water partition coefficient (Wildman–Crippen LogP) is 2.20. The van der Waals surface area contributed by atoms with Gasteiger partial charge in [-0.2, -0.15) is 0 Å². The molecule has 1 N–H and O–H groups in total. The summed E-state index contributed by atoms with van der Waals surface area (Å²) in [5, 5.41) is 0. The highest BCUT2D eigenvalue weighted by molar-refractivity contribution is 5.77. The van der Waals surface area contributed by atoms with Gasteiger partial charge in [0.25, 0.3) is 0 Å². The van der Waals surface area contributed by atoms with Crippen LogP contribution in [0.25, 0.3) is 0 Å². The molecule has 2 amide bonds. The molecule has 7 heteroatoms. The molecule has 0 bridgehead atoms. The van der Waals surface area contributed by atoms with Gasteiger partial charge in [-0.05, 0) is 33.1 Å². The number of imidazole rings is 1. The Morgan fingerprint density at radius 2 is 2.24 bits per heavy atom. The lowest BCUT2D eigenvalue weighted by Crippen LogP contribution is -2.55. The van der Waals surface area contributed by atoms with Crippen LogP contribution in [0, 0.1) is 5.41 Å². The molecule has 0 saturated carbocycles. The maximum Gasteiger partial charge on any atom is 0.410 e. The summed E-state index contributed by atoms with van der Waals surface area (Å²) in [4.78, 5) is 35.5. The maximum absolute atomic E-state index is 12.3. The number of H-pyrrole nitrogens is 1. The number of hydrogen-bond acceptors (Lipinski definition) is 4. The Labute approximate surface area is 148 Å². The van der Waals surface area contributed by atoms with Crippen molar-refractivity contribution in [2.24, 2.45) is 5.41 Å². The number of nitrogens with zero attached hydrogens (tertiary/aromatic N) is 3. The van der Waals surface area contributed by atoms with Crippen molar-refractivity contribution in [2.45, 2.75) is 52.1 Å². The fourth-order valence-electron chi connectivity index (χ4n) is 3.96. The van der Waals surface area contributed by atoms with Gasteiger partial charge in [0, 0.05) is 56.3 Å². The van der Waals surface area contributed by atoms with Crippen LogP contribution in [0.3, 0.4) is 0 Å². The zero-order valence-corrected chi connectivity index (χ0v) is 15.2. The predicted molar refractivity (Wildman–Crippen MR) is 93.0 cm³/mol. The van der Waals surface area contributed by atoms with Crippen LogP contribution in [0.2, 0.25) is 0 Å². The molecule has 1 spiro atoms. The van der Waals surface area contributed by atoms with Gasteiger partial charge in [-0.1, -0.05) is 0 Å². The lowest BCUT2D eigenvalue weighted by Gasteiger charge is -2.48. The standard InChI is InChI=1S/C18H28N4O3/c1-14(2)25-17(24)22-8-3-6-18(12-22)7-4-16(23)21(11-18)9-5-15-10-19-13-20-15/h10,13-14H,3-9,11-12H2,1-2H3,(H,19,20). The van der Waals surface area contributed by atoms with Gasteiger partial charge in [0.2, 0.25) is 5.91 Å². The molecule has 1 unspecified atom stereocenters. The van der Waals surface area contributed by atoms with Gasteiger partial charge in [0.05, 0.1) is 12.4 Å². The first-order valence-electron chi connectivity index (χ1n) is 9.18.